The molecule has 0 aliphatic carbocycles. The van der Waals surface area contributed by atoms with E-state index in [0.29, 0.717) is 6.61 Å². The first-order valence-electron chi connectivity index (χ1n) is 6.44. The van der Waals surface area contributed by atoms with Crippen molar-refractivity contribution in [3.05, 3.63) is 0 Å². The number of hydrogen-bond donors (Lipinski definition) is 2. The van der Waals surface area contributed by atoms with E-state index in [0.717, 1.165) is 25.9 Å². The topological polar surface area (TPSA) is 35.5 Å². The number of rotatable bonds is 2. The summed E-state index contributed by atoms with van der Waals surface area (Å²) in [5.74, 6) is 0. The molecule has 2 fully saturated rings. The van der Waals surface area contributed by atoms with E-state index < -0.39 is 0 Å². The molecule has 0 amide bonds. The highest BCUT2D eigenvalue weighted by Crippen LogP contribution is 2.29. The molecule has 3 nitrogen and oxygen atoms in total. The fraction of sp³-hybridized carbons (Fsp3) is 1.00. The summed E-state index contributed by atoms with van der Waals surface area (Å²) in [5, 5.41) is 13.2. The van der Waals surface area contributed by atoms with E-state index in [1.54, 1.807) is 0 Å². The Balaban J connectivity index is 2.03. The van der Waals surface area contributed by atoms with Crippen LogP contribution in [0, 0.1) is 0 Å². The smallest absolute Gasteiger partial charge is 0.0615 e. The molecule has 1 unspecified atom stereocenters. The molecule has 2 heterocycles. The van der Waals surface area contributed by atoms with Crippen LogP contribution in [-0.4, -0.2) is 48.3 Å². The van der Waals surface area contributed by atoms with Gasteiger partial charge in [0.2, 0.25) is 0 Å². The molecule has 0 spiro atoms. The zero-order valence-corrected chi connectivity index (χ0v) is 9.67. The molecule has 0 aromatic rings. The van der Waals surface area contributed by atoms with E-state index in [-0.39, 0.29) is 5.54 Å². The maximum Gasteiger partial charge on any atom is 0.0615 e. The lowest BCUT2D eigenvalue weighted by molar-refractivity contribution is 0.00664. The lowest BCUT2D eigenvalue weighted by Gasteiger charge is -2.44. The largest absolute Gasteiger partial charge is 0.394 e. The summed E-state index contributed by atoms with van der Waals surface area (Å²) in [6, 6.07) is 0. The van der Waals surface area contributed by atoms with Gasteiger partial charge in [0.05, 0.1) is 6.61 Å². The average molecular weight is 212 g/mol. The lowest BCUT2D eigenvalue weighted by Crippen LogP contribution is -2.53. The highest BCUT2D eigenvalue weighted by molar-refractivity contribution is 4.93. The summed E-state index contributed by atoms with van der Waals surface area (Å²) in [7, 11) is 0. The molecular formula is C12H24N2O. The zero-order valence-electron chi connectivity index (χ0n) is 9.67. The molecule has 2 rings (SSSR count). The Hall–Kier alpha value is -0.120. The number of piperidine rings is 1. The average Bonchev–Trinajstić information content (AvgIpc) is 2.56. The molecule has 0 aromatic carbocycles. The van der Waals surface area contributed by atoms with Gasteiger partial charge in [-0.25, -0.2) is 0 Å². The number of hydrogen-bond acceptors (Lipinski definition) is 3. The minimum atomic E-state index is 0.101. The van der Waals surface area contributed by atoms with Crippen molar-refractivity contribution in [3.63, 3.8) is 0 Å². The second-order valence-electron chi connectivity index (χ2n) is 5.03. The number of likely N-dealkylation sites (tertiary alicyclic amines) is 1. The first-order valence-corrected chi connectivity index (χ1v) is 6.44. The van der Waals surface area contributed by atoms with E-state index in [1.165, 1.54) is 38.8 Å². The maximum atomic E-state index is 9.75. The Morgan fingerprint density at radius 1 is 1.00 bits per heavy atom. The summed E-state index contributed by atoms with van der Waals surface area (Å²) in [6.07, 6.45) is 7.48. The van der Waals surface area contributed by atoms with Crippen LogP contribution in [0.2, 0.25) is 0 Å². The van der Waals surface area contributed by atoms with Crippen LogP contribution in [0.1, 0.15) is 38.5 Å². The van der Waals surface area contributed by atoms with Gasteiger partial charge in [-0.2, -0.15) is 0 Å². The van der Waals surface area contributed by atoms with Crippen molar-refractivity contribution in [3.8, 4) is 0 Å². The fourth-order valence-corrected chi connectivity index (χ4v) is 3.06. The van der Waals surface area contributed by atoms with Crippen molar-refractivity contribution in [2.45, 2.75) is 44.1 Å². The van der Waals surface area contributed by atoms with Crippen LogP contribution in [0.5, 0.6) is 0 Å². The first kappa shape index (κ1) is 11.4. The van der Waals surface area contributed by atoms with Crippen molar-refractivity contribution in [1.29, 1.82) is 0 Å². The van der Waals surface area contributed by atoms with Crippen molar-refractivity contribution in [1.82, 2.24) is 10.2 Å². The monoisotopic (exact) mass is 212 g/mol. The van der Waals surface area contributed by atoms with Crippen molar-refractivity contribution >= 4 is 0 Å². The van der Waals surface area contributed by atoms with Crippen LogP contribution >= 0.6 is 0 Å². The lowest BCUT2D eigenvalue weighted by atomic mass is 9.87. The zero-order chi connectivity index (χ0) is 10.6. The third kappa shape index (κ3) is 2.52. The Morgan fingerprint density at radius 3 is 2.53 bits per heavy atom. The van der Waals surface area contributed by atoms with Gasteiger partial charge in [-0.05, 0) is 58.3 Å². The standard InChI is InChI=1S/C12H24N2O/c15-11-12(5-4-7-13-8-6-12)14-9-2-1-3-10-14/h13,15H,1-11H2. The van der Waals surface area contributed by atoms with E-state index in [2.05, 4.69) is 10.2 Å². The molecule has 2 aliphatic heterocycles. The molecule has 2 saturated heterocycles. The summed E-state index contributed by atoms with van der Waals surface area (Å²) in [5.41, 5.74) is 0.101. The quantitative estimate of drug-likeness (QED) is 0.716. The van der Waals surface area contributed by atoms with E-state index in [1.807, 2.05) is 0 Å². The number of nitrogens with zero attached hydrogens (tertiary/aromatic N) is 1. The van der Waals surface area contributed by atoms with Gasteiger partial charge in [0, 0.05) is 5.54 Å². The third-order valence-corrected chi connectivity index (χ3v) is 4.08. The van der Waals surface area contributed by atoms with Gasteiger partial charge >= 0.3 is 0 Å². The molecule has 15 heavy (non-hydrogen) atoms. The van der Waals surface area contributed by atoms with Gasteiger partial charge in [-0.15, -0.1) is 0 Å². The van der Waals surface area contributed by atoms with Crippen LogP contribution in [0.3, 0.4) is 0 Å². The number of aliphatic hydroxyl groups excluding tert-OH is 1. The Morgan fingerprint density at radius 2 is 1.80 bits per heavy atom. The second-order valence-corrected chi connectivity index (χ2v) is 5.03. The van der Waals surface area contributed by atoms with E-state index in [4.69, 9.17) is 0 Å². The van der Waals surface area contributed by atoms with Crippen LogP contribution in [0.4, 0.5) is 0 Å². The molecule has 2 N–H and O–H groups in total. The Bertz CT molecular complexity index is 182. The van der Waals surface area contributed by atoms with Gasteiger partial charge in [-0.1, -0.05) is 6.42 Å². The number of aliphatic hydroxyl groups is 1. The first-order chi connectivity index (χ1) is 7.37. The molecule has 3 heteroatoms. The second kappa shape index (κ2) is 5.28. The predicted molar refractivity (Wildman–Crippen MR) is 62.0 cm³/mol. The van der Waals surface area contributed by atoms with Gasteiger partial charge in [0.25, 0.3) is 0 Å². The summed E-state index contributed by atoms with van der Waals surface area (Å²) in [4.78, 5) is 2.56. The molecule has 0 bridgehead atoms. The maximum absolute atomic E-state index is 9.75. The van der Waals surface area contributed by atoms with Crippen LogP contribution < -0.4 is 5.32 Å². The van der Waals surface area contributed by atoms with Crippen LogP contribution in [-0.2, 0) is 0 Å². The minimum absolute atomic E-state index is 0.101. The van der Waals surface area contributed by atoms with Gasteiger partial charge in [0.15, 0.2) is 0 Å². The molecule has 0 radical (unpaired) electrons. The minimum Gasteiger partial charge on any atom is -0.394 e. The highest BCUT2D eigenvalue weighted by Gasteiger charge is 2.36. The van der Waals surface area contributed by atoms with Crippen molar-refractivity contribution in [2.75, 3.05) is 32.8 Å². The Labute approximate surface area is 92.8 Å². The third-order valence-electron chi connectivity index (χ3n) is 4.08. The Kier molecular flexibility index (Phi) is 4.00. The van der Waals surface area contributed by atoms with E-state index >= 15 is 0 Å². The summed E-state index contributed by atoms with van der Waals surface area (Å²) in [6.45, 7) is 4.92. The molecule has 88 valence electrons. The molecule has 0 aromatic heterocycles. The molecule has 1 atom stereocenters. The molecule has 0 saturated carbocycles. The predicted octanol–water partition coefficient (Wildman–Crippen LogP) is 0.977. The van der Waals surface area contributed by atoms with Gasteiger partial charge < -0.3 is 10.4 Å². The summed E-state index contributed by atoms with van der Waals surface area (Å²) < 4.78 is 0. The fourth-order valence-electron chi connectivity index (χ4n) is 3.06. The van der Waals surface area contributed by atoms with Gasteiger partial charge in [-0.3, -0.25) is 4.90 Å². The summed E-state index contributed by atoms with van der Waals surface area (Å²) >= 11 is 0. The number of nitrogens with one attached hydrogen (secondary N) is 1. The van der Waals surface area contributed by atoms with Crippen LogP contribution in [0.25, 0.3) is 0 Å². The van der Waals surface area contributed by atoms with E-state index in [9.17, 15) is 5.11 Å². The normalized spacial score (nSPS) is 35.0. The molecular weight excluding hydrogens is 188 g/mol. The molecule has 2 aliphatic rings. The van der Waals surface area contributed by atoms with Gasteiger partial charge in [0.1, 0.15) is 0 Å². The van der Waals surface area contributed by atoms with Crippen molar-refractivity contribution in [2.24, 2.45) is 0 Å². The SMILES string of the molecule is OCC1(N2CCCCC2)CCCNCC1. The van der Waals surface area contributed by atoms with Crippen LogP contribution in [0.15, 0.2) is 0 Å². The van der Waals surface area contributed by atoms with Crippen molar-refractivity contribution < 1.29 is 5.11 Å². The highest BCUT2D eigenvalue weighted by atomic mass is 16.3.